The van der Waals surface area contributed by atoms with Gasteiger partial charge in [-0.05, 0) is 36.8 Å². The smallest absolute Gasteiger partial charge is 0.186 e. The van der Waals surface area contributed by atoms with Gasteiger partial charge in [0.05, 0.1) is 6.21 Å². The van der Waals surface area contributed by atoms with Crippen molar-refractivity contribution in [2.45, 2.75) is 6.92 Å². The lowest BCUT2D eigenvalue weighted by atomic mass is 10.2. The molecule has 0 spiro atoms. The number of thiocarbonyl (C=S) groups is 1. The quantitative estimate of drug-likeness (QED) is 0.466. The summed E-state index contributed by atoms with van der Waals surface area (Å²) in [6.07, 6.45) is 1.51. The van der Waals surface area contributed by atoms with E-state index in [2.05, 4.69) is 15.8 Å². The molecule has 0 aliphatic heterocycles. The van der Waals surface area contributed by atoms with Gasteiger partial charge in [0.1, 0.15) is 5.82 Å². The maximum Gasteiger partial charge on any atom is 0.186 e. The average molecular weight is 225 g/mol. The lowest BCUT2D eigenvalue weighted by Crippen LogP contribution is -2.31. The van der Waals surface area contributed by atoms with Gasteiger partial charge in [-0.2, -0.15) is 5.10 Å². The van der Waals surface area contributed by atoms with Crippen LogP contribution in [0.4, 0.5) is 4.39 Å². The van der Waals surface area contributed by atoms with E-state index in [1.165, 1.54) is 18.3 Å². The lowest BCUT2D eigenvalue weighted by molar-refractivity contribution is 0.627. The van der Waals surface area contributed by atoms with Gasteiger partial charge in [-0.25, -0.2) is 4.39 Å². The molecular weight excluding hydrogens is 213 g/mol. The van der Waals surface area contributed by atoms with Crippen molar-refractivity contribution in [3.63, 3.8) is 0 Å². The molecule has 3 nitrogen and oxygen atoms in total. The number of halogens is 1. The van der Waals surface area contributed by atoms with Gasteiger partial charge in [-0.3, -0.25) is 5.43 Å². The highest BCUT2D eigenvalue weighted by Crippen LogP contribution is 1.99. The zero-order valence-corrected chi connectivity index (χ0v) is 9.14. The van der Waals surface area contributed by atoms with Gasteiger partial charge in [0.15, 0.2) is 5.11 Å². The van der Waals surface area contributed by atoms with E-state index in [1.807, 2.05) is 6.92 Å². The lowest BCUT2D eigenvalue weighted by Gasteiger charge is -2.02. The molecule has 0 saturated heterocycles. The molecule has 0 amide bonds. The molecule has 2 N–H and O–H groups in total. The fourth-order valence-electron chi connectivity index (χ4n) is 0.952. The highest BCUT2D eigenvalue weighted by atomic mass is 32.1. The van der Waals surface area contributed by atoms with E-state index >= 15 is 0 Å². The predicted octanol–water partition coefficient (Wildman–Crippen LogP) is 1.64. The highest BCUT2D eigenvalue weighted by Gasteiger charge is 1.91. The molecule has 0 fully saturated rings. The SMILES string of the molecule is CCNC(=S)N/N=C/c1cccc(F)c1. The number of benzene rings is 1. The monoisotopic (exact) mass is 225 g/mol. The van der Waals surface area contributed by atoms with Crippen molar-refractivity contribution < 1.29 is 4.39 Å². The van der Waals surface area contributed by atoms with Crippen LogP contribution in [0.2, 0.25) is 0 Å². The van der Waals surface area contributed by atoms with E-state index in [-0.39, 0.29) is 5.82 Å². The normalized spacial score (nSPS) is 10.3. The third-order valence-electron chi connectivity index (χ3n) is 1.57. The minimum atomic E-state index is -0.284. The Labute approximate surface area is 93.4 Å². The van der Waals surface area contributed by atoms with Crippen LogP contribution in [0.15, 0.2) is 29.4 Å². The minimum Gasteiger partial charge on any atom is -0.362 e. The van der Waals surface area contributed by atoms with Gasteiger partial charge in [-0.1, -0.05) is 12.1 Å². The second-order valence-corrected chi connectivity index (χ2v) is 3.19. The zero-order valence-electron chi connectivity index (χ0n) is 8.33. The van der Waals surface area contributed by atoms with Crippen LogP contribution in [0, 0.1) is 5.82 Å². The van der Waals surface area contributed by atoms with E-state index in [0.29, 0.717) is 10.7 Å². The van der Waals surface area contributed by atoms with E-state index in [9.17, 15) is 4.39 Å². The first-order chi connectivity index (χ1) is 7.22. The molecule has 0 bridgehead atoms. The number of rotatable bonds is 3. The molecule has 0 aromatic heterocycles. The first kappa shape index (κ1) is 11.6. The molecule has 0 aliphatic carbocycles. The van der Waals surface area contributed by atoms with Crippen molar-refractivity contribution >= 4 is 23.5 Å². The van der Waals surface area contributed by atoms with Gasteiger partial charge < -0.3 is 5.32 Å². The maximum absolute atomic E-state index is 12.8. The molecule has 0 saturated carbocycles. The van der Waals surface area contributed by atoms with E-state index in [1.54, 1.807) is 12.1 Å². The summed E-state index contributed by atoms with van der Waals surface area (Å²) in [6, 6.07) is 6.15. The van der Waals surface area contributed by atoms with Crippen LogP contribution in [0.5, 0.6) is 0 Å². The van der Waals surface area contributed by atoms with Crippen molar-refractivity contribution in [3.05, 3.63) is 35.6 Å². The Bertz CT molecular complexity index is 365. The summed E-state index contributed by atoms with van der Waals surface area (Å²) in [7, 11) is 0. The molecule has 0 heterocycles. The second-order valence-electron chi connectivity index (χ2n) is 2.78. The third-order valence-corrected chi connectivity index (χ3v) is 1.80. The molecule has 5 heteroatoms. The van der Waals surface area contributed by atoms with Crippen molar-refractivity contribution in [2.24, 2.45) is 5.10 Å². The van der Waals surface area contributed by atoms with Crippen molar-refractivity contribution in [1.29, 1.82) is 0 Å². The van der Waals surface area contributed by atoms with Crippen LogP contribution in [-0.4, -0.2) is 17.9 Å². The summed E-state index contributed by atoms with van der Waals surface area (Å²) in [5, 5.41) is 7.18. The Balaban J connectivity index is 2.48. The molecule has 0 unspecified atom stereocenters. The topological polar surface area (TPSA) is 36.4 Å². The van der Waals surface area contributed by atoms with Gasteiger partial charge in [0.25, 0.3) is 0 Å². The summed E-state index contributed by atoms with van der Waals surface area (Å²) in [6.45, 7) is 2.67. The summed E-state index contributed by atoms with van der Waals surface area (Å²) in [5.74, 6) is -0.284. The van der Waals surface area contributed by atoms with Gasteiger partial charge in [0, 0.05) is 6.54 Å². The molecule has 0 aliphatic rings. The van der Waals surface area contributed by atoms with E-state index in [0.717, 1.165) is 6.54 Å². The standard InChI is InChI=1S/C10H12FN3S/c1-2-12-10(15)14-13-7-8-4-3-5-9(11)6-8/h3-7H,2H2,1H3,(H2,12,14,15)/b13-7+. The number of hydrogen-bond acceptors (Lipinski definition) is 2. The Morgan fingerprint density at radius 3 is 3.07 bits per heavy atom. The highest BCUT2D eigenvalue weighted by molar-refractivity contribution is 7.80. The van der Waals surface area contributed by atoms with Crippen LogP contribution in [-0.2, 0) is 0 Å². The Hall–Kier alpha value is -1.49. The van der Waals surface area contributed by atoms with Gasteiger partial charge >= 0.3 is 0 Å². The minimum absolute atomic E-state index is 0.284. The van der Waals surface area contributed by atoms with E-state index in [4.69, 9.17) is 12.2 Å². The van der Waals surface area contributed by atoms with E-state index < -0.39 is 0 Å². The van der Waals surface area contributed by atoms with Crippen LogP contribution in [0.3, 0.4) is 0 Å². The number of nitrogens with zero attached hydrogens (tertiary/aromatic N) is 1. The molecule has 1 rings (SSSR count). The zero-order chi connectivity index (χ0) is 11.1. The Morgan fingerprint density at radius 1 is 1.60 bits per heavy atom. The largest absolute Gasteiger partial charge is 0.362 e. The van der Waals surface area contributed by atoms with Gasteiger partial charge in [0.2, 0.25) is 0 Å². The van der Waals surface area contributed by atoms with Crippen molar-refractivity contribution in [3.8, 4) is 0 Å². The van der Waals surface area contributed by atoms with Crippen molar-refractivity contribution in [2.75, 3.05) is 6.54 Å². The van der Waals surface area contributed by atoms with Gasteiger partial charge in [-0.15, -0.1) is 0 Å². The summed E-state index contributed by atoms with van der Waals surface area (Å²) < 4.78 is 12.8. The van der Waals surface area contributed by atoms with Crippen LogP contribution >= 0.6 is 12.2 Å². The molecule has 0 atom stereocenters. The Morgan fingerprint density at radius 2 is 2.40 bits per heavy atom. The van der Waals surface area contributed by atoms with Crippen LogP contribution < -0.4 is 10.7 Å². The molecule has 0 radical (unpaired) electrons. The molecular formula is C10H12FN3S. The van der Waals surface area contributed by atoms with Crippen LogP contribution in [0.1, 0.15) is 12.5 Å². The molecule has 15 heavy (non-hydrogen) atoms. The molecule has 1 aromatic carbocycles. The first-order valence-corrected chi connectivity index (χ1v) is 4.95. The number of nitrogens with one attached hydrogen (secondary N) is 2. The molecule has 80 valence electrons. The number of hydrazone groups is 1. The van der Waals surface area contributed by atoms with Crippen molar-refractivity contribution in [1.82, 2.24) is 10.7 Å². The maximum atomic E-state index is 12.8. The third kappa shape index (κ3) is 4.51. The average Bonchev–Trinajstić information content (AvgIpc) is 2.18. The fourth-order valence-corrected chi connectivity index (χ4v) is 1.15. The second kappa shape index (κ2) is 6.08. The predicted molar refractivity (Wildman–Crippen MR) is 63.4 cm³/mol. The summed E-state index contributed by atoms with van der Waals surface area (Å²) in [4.78, 5) is 0. The fraction of sp³-hybridized carbons (Fsp3) is 0.200. The Kier molecular flexibility index (Phi) is 4.70. The molecule has 1 aromatic rings. The first-order valence-electron chi connectivity index (χ1n) is 4.55. The summed E-state index contributed by atoms with van der Waals surface area (Å²) >= 11 is 4.88. The summed E-state index contributed by atoms with van der Waals surface area (Å²) in [5.41, 5.74) is 3.30. The number of hydrogen-bond donors (Lipinski definition) is 2. The van der Waals surface area contributed by atoms with Crippen LogP contribution in [0.25, 0.3) is 0 Å².